The number of hydrogen-bond acceptors (Lipinski definition) is 3. The maximum absolute atomic E-state index is 12.4. The number of benzene rings is 1. The van der Waals surface area contributed by atoms with E-state index in [-0.39, 0.29) is 18.9 Å². The van der Waals surface area contributed by atoms with Crippen molar-refractivity contribution in [2.45, 2.75) is 19.4 Å². The van der Waals surface area contributed by atoms with Crippen molar-refractivity contribution >= 4 is 23.5 Å². The van der Waals surface area contributed by atoms with Crippen molar-refractivity contribution < 1.29 is 19.4 Å². The minimum absolute atomic E-state index is 0.0989. The summed E-state index contributed by atoms with van der Waals surface area (Å²) in [5.41, 5.74) is 1.43. The quantitative estimate of drug-likeness (QED) is 0.926. The molecule has 1 atom stereocenters. The van der Waals surface area contributed by atoms with Crippen molar-refractivity contribution in [3.63, 3.8) is 0 Å². The van der Waals surface area contributed by atoms with E-state index < -0.39 is 12.1 Å². The normalized spacial score (nSPS) is 18.9. The zero-order chi connectivity index (χ0) is 14.7. The molecule has 1 aromatic rings. The van der Waals surface area contributed by atoms with Gasteiger partial charge in [-0.1, -0.05) is 11.6 Å². The molecule has 20 heavy (non-hydrogen) atoms. The van der Waals surface area contributed by atoms with E-state index in [2.05, 4.69) is 0 Å². The van der Waals surface area contributed by atoms with Crippen LogP contribution in [-0.2, 0) is 9.53 Å². The highest BCUT2D eigenvalue weighted by atomic mass is 35.5. The average Bonchev–Trinajstić information content (AvgIpc) is 2.36. The number of ether oxygens (including phenoxy) is 1. The smallest absolute Gasteiger partial charge is 0.306 e. The van der Waals surface area contributed by atoms with Crippen LogP contribution in [0.3, 0.4) is 0 Å². The molecule has 1 amide bonds. The number of carboxylic acids is 1. The van der Waals surface area contributed by atoms with Gasteiger partial charge in [0, 0.05) is 23.7 Å². The molecule has 1 unspecified atom stereocenters. The molecule has 6 heteroatoms. The van der Waals surface area contributed by atoms with Crippen LogP contribution >= 0.6 is 11.6 Å². The number of carbonyl (C=O) groups is 2. The van der Waals surface area contributed by atoms with Gasteiger partial charge in [-0.05, 0) is 30.7 Å². The maximum atomic E-state index is 12.4. The SMILES string of the molecule is Cc1cc(Cl)cc(C(=O)N2CCOC(CC(=O)O)C2)c1. The number of morpholine rings is 1. The molecule has 1 fully saturated rings. The van der Waals surface area contributed by atoms with E-state index in [1.54, 1.807) is 23.1 Å². The Morgan fingerprint density at radius 3 is 2.85 bits per heavy atom. The molecule has 1 heterocycles. The molecule has 1 saturated heterocycles. The molecule has 5 nitrogen and oxygen atoms in total. The average molecular weight is 298 g/mol. The summed E-state index contributed by atoms with van der Waals surface area (Å²) < 4.78 is 5.35. The number of amides is 1. The highest BCUT2D eigenvalue weighted by molar-refractivity contribution is 6.31. The standard InChI is InChI=1S/C14H16ClNO4/c1-9-4-10(6-11(15)5-9)14(19)16-2-3-20-12(8-16)7-13(17)18/h4-6,12H,2-3,7-8H2,1H3,(H,17,18). The lowest BCUT2D eigenvalue weighted by Crippen LogP contribution is -2.46. The molecule has 1 aliphatic heterocycles. The van der Waals surface area contributed by atoms with Crippen LogP contribution in [0.15, 0.2) is 18.2 Å². The first-order valence-corrected chi connectivity index (χ1v) is 6.73. The zero-order valence-electron chi connectivity index (χ0n) is 11.1. The highest BCUT2D eigenvalue weighted by Gasteiger charge is 2.26. The minimum atomic E-state index is -0.928. The fourth-order valence-electron chi connectivity index (χ4n) is 2.26. The number of hydrogen-bond donors (Lipinski definition) is 1. The molecule has 0 saturated carbocycles. The van der Waals surface area contributed by atoms with Gasteiger partial charge < -0.3 is 14.7 Å². The number of aryl methyl sites for hydroxylation is 1. The molecular weight excluding hydrogens is 282 g/mol. The predicted molar refractivity (Wildman–Crippen MR) is 74.1 cm³/mol. The Hall–Kier alpha value is -1.59. The van der Waals surface area contributed by atoms with Crippen molar-refractivity contribution in [3.05, 3.63) is 34.3 Å². The fraction of sp³-hybridized carbons (Fsp3) is 0.429. The van der Waals surface area contributed by atoms with Crippen molar-refractivity contribution in [2.24, 2.45) is 0 Å². The third kappa shape index (κ3) is 3.71. The summed E-state index contributed by atoms with van der Waals surface area (Å²) in [6.07, 6.45) is -0.552. The van der Waals surface area contributed by atoms with E-state index in [9.17, 15) is 9.59 Å². The summed E-state index contributed by atoms with van der Waals surface area (Å²) in [6.45, 7) is 2.97. The molecule has 1 aromatic carbocycles. The minimum Gasteiger partial charge on any atom is -0.481 e. The summed E-state index contributed by atoms with van der Waals surface area (Å²) in [5, 5.41) is 9.30. The van der Waals surface area contributed by atoms with Crippen LogP contribution in [0.5, 0.6) is 0 Å². The highest BCUT2D eigenvalue weighted by Crippen LogP contribution is 2.18. The van der Waals surface area contributed by atoms with Crippen LogP contribution in [0.4, 0.5) is 0 Å². The van der Waals surface area contributed by atoms with Gasteiger partial charge in [-0.2, -0.15) is 0 Å². The van der Waals surface area contributed by atoms with Crippen LogP contribution in [0, 0.1) is 6.92 Å². The lowest BCUT2D eigenvalue weighted by Gasteiger charge is -2.32. The Morgan fingerprint density at radius 2 is 2.20 bits per heavy atom. The van der Waals surface area contributed by atoms with Gasteiger partial charge in [-0.25, -0.2) is 0 Å². The summed E-state index contributed by atoms with van der Waals surface area (Å²) in [5.74, 6) is -1.07. The molecule has 1 aliphatic rings. The van der Waals surface area contributed by atoms with E-state index >= 15 is 0 Å². The summed E-state index contributed by atoms with van der Waals surface area (Å²) in [7, 11) is 0. The summed E-state index contributed by atoms with van der Waals surface area (Å²) >= 11 is 5.96. The summed E-state index contributed by atoms with van der Waals surface area (Å²) in [4.78, 5) is 24.7. The second-order valence-corrected chi connectivity index (χ2v) is 5.30. The predicted octanol–water partition coefficient (Wildman–Crippen LogP) is 1.96. The Morgan fingerprint density at radius 1 is 1.45 bits per heavy atom. The van der Waals surface area contributed by atoms with Crippen molar-refractivity contribution in [1.82, 2.24) is 4.90 Å². The van der Waals surface area contributed by atoms with Crippen molar-refractivity contribution in [3.8, 4) is 0 Å². The zero-order valence-corrected chi connectivity index (χ0v) is 11.9. The van der Waals surface area contributed by atoms with Gasteiger partial charge in [0.15, 0.2) is 0 Å². The molecule has 108 valence electrons. The van der Waals surface area contributed by atoms with E-state index in [1.807, 2.05) is 6.92 Å². The fourth-order valence-corrected chi connectivity index (χ4v) is 2.55. The molecule has 0 aromatic heterocycles. The lowest BCUT2D eigenvalue weighted by molar-refractivity contribution is -0.141. The largest absolute Gasteiger partial charge is 0.481 e. The maximum Gasteiger partial charge on any atom is 0.306 e. The van der Waals surface area contributed by atoms with Gasteiger partial charge in [0.1, 0.15) is 0 Å². The Kier molecular flexibility index (Phi) is 4.62. The second kappa shape index (κ2) is 6.24. The Bertz CT molecular complexity index is 512. The van der Waals surface area contributed by atoms with Crippen LogP contribution in [0.1, 0.15) is 22.3 Å². The van der Waals surface area contributed by atoms with E-state index in [4.69, 9.17) is 21.4 Å². The molecular formula is C14H16ClNO4. The van der Waals surface area contributed by atoms with Crippen molar-refractivity contribution in [2.75, 3.05) is 19.7 Å². The second-order valence-electron chi connectivity index (χ2n) is 4.86. The van der Waals surface area contributed by atoms with Crippen LogP contribution in [0.25, 0.3) is 0 Å². The Labute approximate surface area is 122 Å². The number of halogens is 1. The third-order valence-corrected chi connectivity index (χ3v) is 3.34. The van der Waals surface area contributed by atoms with Gasteiger partial charge in [-0.3, -0.25) is 9.59 Å². The molecule has 0 radical (unpaired) electrons. The topological polar surface area (TPSA) is 66.8 Å². The number of carbonyl (C=O) groups excluding carboxylic acids is 1. The number of nitrogens with zero attached hydrogens (tertiary/aromatic N) is 1. The van der Waals surface area contributed by atoms with Gasteiger partial charge in [0.05, 0.1) is 19.1 Å². The first-order chi connectivity index (χ1) is 9.45. The van der Waals surface area contributed by atoms with Gasteiger partial charge in [0.25, 0.3) is 5.91 Å². The van der Waals surface area contributed by atoms with Crippen molar-refractivity contribution in [1.29, 1.82) is 0 Å². The number of carboxylic acid groups (broad SMARTS) is 1. The van der Waals surface area contributed by atoms with Gasteiger partial charge in [0.2, 0.25) is 0 Å². The van der Waals surface area contributed by atoms with Crippen LogP contribution in [-0.4, -0.2) is 47.7 Å². The van der Waals surface area contributed by atoms with Crippen LogP contribution in [0.2, 0.25) is 5.02 Å². The van der Waals surface area contributed by atoms with E-state index in [0.29, 0.717) is 23.7 Å². The third-order valence-electron chi connectivity index (χ3n) is 3.12. The molecule has 0 spiro atoms. The number of rotatable bonds is 3. The molecule has 0 aliphatic carbocycles. The van der Waals surface area contributed by atoms with E-state index in [1.165, 1.54) is 0 Å². The molecule has 2 rings (SSSR count). The monoisotopic (exact) mass is 297 g/mol. The molecule has 0 bridgehead atoms. The number of aliphatic carboxylic acids is 1. The van der Waals surface area contributed by atoms with E-state index in [0.717, 1.165) is 5.56 Å². The lowest BCUT2D eigenvalue weighted by atomic mass is 10.1. The Balaban J connectivity index is 2.10. The van der Waals surface area contributed by atoms with Gasteiger partial charge in [-0.15, -0.1) is 0 Å². The van der Waals surface area contributed by atoms with Gasteiger partial charge >= 0.3 is 5.97 Å². The summed E-state index contributed by atoms with van der Waals surface area (Å²) in [6, 6.07) is 5.18. The first kappa shape index (κ1) is 14.8. The first-order valence-electron chi connectivity index (χ1n) is 6.35. The molecule has 1 N–H and O–H groups in total. The van der Waals surface area contributed by atoms with Crippen LogP contribution < -0.4 is 0 Å².